The van der Waals surface area contributed by atoms with E-state index >= 15 is 0 Å². The number of carbonyl (C=O) groups is 1. The number of fused-ring (bicyclic) bond motifs is 3. The van der Waals surface area contributed by atoms with Gasteiger partial charge in [-0.05, 0) is 92.5 Å². The number of carboxylic acid groups (broad SMARTS) is 1. The molecule has 2 atom stereocenters. The third-order valence-electron chi connectivity index (χ3n) is 10.7. The van der Waals surface area contributed by atoms with Gasteiger partial charge in [0, 0.05) is 28.8 Å². The molecule has 0 amide bonds. The van der Waals surface area contributed by atoms with Gasteiger partial charge in [-0.3, -0.25) is 4.68 Å². The minimum atomic E-state index is -0.994. The average molecular weight is 631 g/mol. The Balaban J connectivity index is 1.01. The van der Waals surface area contributed by atoms with Crippen molar-refractivity contribution in [3.63, 3.8) is 0 Å². The van der Waals surface area contributed by atoms with Crippen LogP contribution in [0.25, 0.3) is 38.1 Å². The fraction of sp³-hybridized carbons (Fsp3) is 0.371. The molecule has 10 nitrogen and oxygen atoms in total. The standard InChI is InChI=1S/C35H34N8O2S/c1-20-25(17-36-42(20)19-35-14-21-6-7-22(15-35)13-23(12-21)16-35)24-8-9-28-26(32(24)33(44)45)18-37-43(28)31-11-10-30(40-41-31)39-34-38-27-4-2-3-5-29(27)46-34/h2-5,8-11,17-18,21-23H,6-7,12-16,19H2,1H3,(H,44,45)(H,38,39,40). The summed E-state index contributed by atoms with van der Waals surface area (Å²) in [4.78, 5) is 17.4. The normalized spacial score (nSPS) is 23.7. The molecule has 4 saturated carbocycles. The number of rotatable bonds is 7. The highest BCUT2D eigenvalue weighted by molar-refractivity contribution is 7.22. The average Bonchev–Trinajstić information content (AvgIpc) is 3.71. The van der Waals surface area contributed by atoms with E-state index in [1.165, 1.54) is 44.9 Å². The van der Waals surface area contributed by atoms with Gasteiger partial charge in [-0.25, -0.2) is 14.5 Å². The molecule has 2 unspecified atom stereocenters. The summed E-state index contributed by atoms with van der Waals surface area (Å²) in [7, 11) is 0. The Bertz CT molecular complexity index is 2080. The molecule has 4 aromatic heterocycles. The molecule has 4 fully saturated rings. The fourth-order valence-electron chi connectivity index (χ4n) is 9.03. The number of hydrogen-bond donors (Lipinski definition) is 2. The summed E-state index contributed by atoms with van der Waals surface area (Å²) in [6.45, 7) is 3.00. The molecule has 4 bridgehead atoms. The van der Waals surface area contributed by atoms with Crippen LogP contribution >= 0.6 is 11.3 Å². The molecule has 6 aromatic rings. The van der Waals surface area contributed by atoms with E-state index < -0.39 is 5.97 Å². The van der Waals surface area contributed by atoms with Crippen LogP contribution in [0.4, 0.5) is 10.9 Å². The molecule has 4 aliphatic rings. The maximum absolute atomic E-state index is 12.8. The zero-order chi connectivity index (χ0) is 31.0. The second-order valence-electron chi connectivity index (χ2n) is 13.7. The first-order chi connectivity index (χ1) is 22.4. The Morgan fingerprint density at radius 2 is 1.76 bits per heavy atom. The molecule has 4 heterocycles. The molecule has 2 N–H and O–H groups in total. The van der Waals surface area contributed by atoms with Crippen LogP contribution in [-0.2, 0) is 6.54 Å². The van der Waals surface area contributed by atoms with E-state index in [9.17, 15) is 9.90 Å². The van der Waals surface area contributed by atoms with E-state index in [4.69, 9.17) is 5.10 Å². The lowest BCUT2D eigenvalue weighted by atomic mass is 9.58. The van der Waals surface area contributed by atoms with Crippen molar-refractivity contribution in [3.05, 3.63) is 72.2 Å². The molecular weight excluding hydrogens is 597 g/mol. The summed E-state index contributed by atoms with van der Waals surface area (Å²) in [6, 6.07) is 15.4. The maximum Gasteiger partial charge on any atom is 0.337 e. The van der Waals surface area contributed by atoms with E-state index in [1.54, 1.807) is 22.2 Å². The largest absolute Gasteiger partial charge is 0.478 e. The van der Waals surface area contributed by atoms with Crippen LogP contribution in [0.1, 0.15) is 61.0 Å². The van der Waals surface area contributed by atoms with Crippen LogP contribution in [0.5, 0.6) is 0 Å². The zero-order valence-electron chi connectivity index (χ0n) is 25.6. The molecule has 46 heavy (non-hydrogen) atoms. The predicted octanol–water partition coefficient (Wildman–Crippen LogP) is 7.65. The minimum absolute atomic E-state index is 0.222. The second kappa shape index (κ2) is 10.4. The number of nitrogens with one attached hydrogen (secondary N) is 1. The molecule has 10 rings (SSSR count). The minimum Gasteiger partial charge on any atom is -0.478 e. The molecule has 0 saturated heterocycles. The lowest BCUT2D eigenvalue weighted by Gasteiger charge is -2.48. The van der Waals surface area contributed by atoms with Gasteiger partial charge in [-0.15, -0.1) is 10.2 Å². The van der Waals surface area contributed by atoms with Gasteiger partial charge in [0.2, 0.25) is 0 Å². The van der Waals surface area contributed by atoms with Gasteiger partial charge in [0.1, 0.15) is 0 Å². The first kappa shape index (κ1) is 27.7. The van der Waals surface area contributed by atoms with Crippen molar-refractivity contribution >= 4 is 49.4 Å². The van der Waals surface area contributed by atoms with Gasteiger partial charge >= 0.3 is 5.97 Å². The Hall–Kier alpha value is -4.64. The lowest BCUT2D eigenvalue weighted by molar-refractivity contribution is 0.0169. The van der Waals surface area contributed by atoms with Crippen molar-refractivity contribution in [3.8, 4) is 16.9 Å². The second-order valence-corrected chi connectivity index (χ2v) is 14.8. The first-order valence-electron chi connectivity index (χ1n) is 16.1. The Labute approximate surface area is 269 Å². The summed E-state index contributed by atoms with van der Waals surface area (Å²) in [5.74, 6) is 2.63. The molecule has 0 aliphatic heterocycles. The number of carboxylic acids is 1. The number of para-hydroxylation sites is 1. The lowest BCUT2D eigenvalue weighted by Crippen LogP contribution is -2.40. The number of benzene rings is 2. The predicted molar refractivity (Wildman–Crippen MR) is 178 cm³/mol. The van der Waals surface area contributed by atoms with Crippen molar-refractivity contribution < 1.29 is 9.90 Å². The van der Waals surface area contributed by atoms with Crippen LogP contribution in [0.15, 0.2) is 60.9 Å². The van der Waals surface area contributed by atoms with Gasteiger partial charge in [0.05, 0.1) is 33.7 Å². The van der Waals surface area contributed by atoms with Crippen LogP contribution in [0, 0.1) is 30.1 Å². The number of nitrogens with zero attached hydrogens (tertiary/aromatic N) is 7. The highest BCUT2D eigenvalue weighted by Gasteiger charge is 2.48. The monoisotopic (exact) mass is 630 g/mol. The number of thiazole rings is 1. The van der Waals surface area contributed by atoms with E-state index in [2.05, 4.69) is 37.2 Å². The zero-order valence-corrected chi connectivity index (χ0v) is 26.4. The summed E-state index contributed by atoms with van der Waals surface area (Å²) < 4.78 is 4.87. The van der Waals surface area contributed by atoms with Crippen molar-refractivity contribution in [1.82, 2.24) is 34.7 Å². The van der Waals surface area contributed by atoms with Crippen LogP contribution in [-0.4, -0.2) is 45.8 Å². The van der Waals surface area contributed by atoms with E-state index in [-0.39, 0.29) is 5.56 Å². The van der Waals surface area contributed by atoms with Gasteiger partial charge in [0.25, 0.3) is 0 Å². The number of aromatic carboxylic acids is 1. The molecule has 0 spiro atoms. The van der Waals surface area contributed by atoms with Crippen LogP contribution in [0.3, 0.4) is 0 Å². The van der Waals surface area contributed by atoms with Gasteiger partial charge in [-0.1, -0.05) is 42.4 Å². The third-order valence-corrected chi connectivity index (χ3v) is 11.7. The summed E-state index contributed by atoms with van der Waals surface area (Å²) in [5, 5.41) is 33.1. The summed E-state index contributed by atoms with van der Waals surface area (Å²) in [6.07, 6.45) is 13.0. The third kappa shape index (κ3) is 4.59. The molecule has 0 radical (unpaired) electrons. The highest BCUT2D eigenvalue weighted by Crippen LogP contribution is 2.58. The van der Waals surface area contributed by atoms with E-state index in [1.807, 2.05) is 54.7 Å². The number of aromatic nitrogens is 7. The van der Waals surface area contributed by atoms with Crippen molar-refractivity contribution in [1.29, 1.82) is 0 Å². The maximum atomic E-state index is 12.8. The fourth-order valence-corrected chi connectivity index (χ4v) is 9.90. The summed E-state index contributed by atoms with van der Waals surface area (Å²) >= 11 is 1.55. The molecule has 232 valence electrons. The molecular formula is C35H34N8O2S. The number of hydrogen-bond acceptors (Lipinski definition) is 8. The van der Waals surface area contributed by atoms with Crippen molar-refractivity contribution in [2.45, 2.75) is 58.4 Å². The molecule has 4 aliphatic carbocycles. The first-order valence-corrected chi connectivity index (χ1v) is 17.0. The van der Waals surface area contributed by atoms with Crippen molar-refractivity contribution in [2.24, 2.45) is 23.2 Å². The topological polar surface area (TPSA) is 124 Å². The van der Waals surface area contributed by atoms with Crippen LogP contribution < -0.4 is 5.32 Å². The highest BCUT2D eigenvalue weighted by atomic mass is 32.1. The quantitative estimate of drug-likeness (QED) is 0.184. The van der Waals surface area contributed by atoms with E-state index in [0.29, 0.717) is 33.5 Å². The van der Waals surface area contributed by atoms with Gasteiger partial charge in [-0.2, -0.15) is 10.2 Å². The Morgan fingerprint density at radius 3 is 2.52 bits per heavy atom. The SMILES string of the molecule is Cc1c(-c2ccc3c(cnn3-c3ccc(Nc4nc5ccccc5s4)nn3)c2C(=O)O)cnn1CC12CC3CCC(CC(C3)C1)C2. The van der Waals surface area contributed by atoms with Gasteiger partial charge < -0.3 is 10.4 Å². The number of anilines is 2. The molecule has 2 aromatic carbocycles. The Morgan fingerprint density at radius 1 is 0.957 bits per heavy atom. The van der Waals surface area contributed by atoms with Crippen molar-refractivity contribution in [2.75, 3.05) is 5.32 Å². The smallest absolute Gasteiger partial charge is 0.337 e. The Kier molecular flexibility index (Phi) is 6.28. The summed E-state index contributed by atoms with van der Waals surface area (Å²) in [5.41, 5.74) is 4.66. The van der Waals surface area contributed by atoms with Gasteiger partial charge in [0.15, 0.2) is 16.8 Å². The molecule has 11 heteroatoms. The van der Waals surface area contributed by atoms with E-state index in [0.717, 1.165) is 50.9 Å². The van der Waals surface area contributed by atoms with Crippen LogP contribution in [0.2, 0.25) is 0 Å².